The van der Waals surface area contributed by atoms with Crippen molar-refractivity contribution in [3.05, 3.63) is 0 Å². The van der Waals surface area contributed by atoms with Crippen molar-refractivity contribution in [2.75, 3.05) is 0 Å². The zero-order valence-electron chi connectivity index (χ0n) is 8.29. The van der Waals surface area contributed by atoms with Crippen molar-refractivity contribution in [2.45, 2.75) is 45.1 Å². The van der Waals surface area contributed by atoms with E-state index in [0.29, 0.717) is 6.42 Å². The van der Waals surface area contributed by atoms with Crippen LogP contribution in [0.5, 0.6) is 0 Å². The van der Waals surface area contributed by atoms with Gasteiger partial charge in [-0.25, -0.2) is 0 Å². The van der Waals surface area contributed by atoms with Gasteiger partial charge in [0, 0.05) is 0 Å². The van der Waals surface area contributed by atoms with Crippen molar-refractivity contribution in [1.82, 2.24) is 0 Å². The first kappa shape index (κ1) is 10.5. The Labute approximate surface area is 78.8 Å². The van der Waals surface area contributed by atoms with E-state index in [-0.39, 0.29) is 11.8 Å². The second-order valence-corrected chi connectivity index (χ2v) is 4.48. The first-order valence-corrected chi connectivity index (χ1v) is 4.87. The molecule has 0 amide bonds. The normalized spacial score (nSPS) is 37.0. The van der Waals surface area contributed by atoms with E-state index in [4.69, 9.17) is 5.11 Å². The Hall–Kier alpha value is -0.570. The first-order valence-electron chi connectivity index (χ1n) is 4.87. The van der Waals surface area contributed by atoms with Crippen LogP contribution in [0, 0.1) is 11.8 Å². The van der Waals surface area contributed by atoms with Gasteiger partial charge in [-0.3, -0.25) is 4.79 Å². The van der Waals surface area contributed by atoms with Crippen LogP contribution in [-0.4, -0.2) is 21.8 Å². The third-order valence-electron chi connectivity index (χ3n) is 3.09. The first-order chi connectivity index (χ1) is 5.92. The summed E-state index contributed by atoms with van der Waals surface area (Å²) in [5.74, 6) is -0.935. The zero-order valence-corrected chi connectivity index (χ0v) is 8.29. The van der Waals surface area contributed by atoms with Crippen molar-refractivity contribution in [2.24, 2.45) is 11.8 Å². The molecule has 1 fully saturated rings. The molecule has 0 aromatic heterocycles. The van der Waals surface area contributed by atoms with Crippen molar-refractivity contribution in [3.8, 4) is 0 Å². The van der Waals surface area contributed by atoms with Gasteiger partial charge >= 0.3 is 5.97 Å². The molecule has 0 radical (unpaired) electrons. The molecule has 76 valence electrons. The molecule has 1 saturated carbocycles. The molecule has 3 nitrogen and oxygen atoms in total. The van der Waals surface area contributed by atoms with Crippen LogP contribution in [0.4, 0.5) is 0 Å². The Morgan fingerprint density at radius 3 is 2.69 bits per heavy atom. The number of aliphatic hydroxyl groups is 1. The molecule has 3 unspecified atom stereocenters. The molecule has 0 heterocycles. The summed E-state index contributed by atoms with van der Waals surface area (Å²) < 4.78 is 0. The zero-order chi connectivity index (χ0) is 10.1. The number of carboxylic acids is 1. The molecular weight excluding hydrogens is 168 g/mol. The predicted octanol–water partition coefficient (Wildman–Crippen LogP) is 1.65. The van der Waals surface area contributed by atoms with Gasteiger partial charge in [0.05, 0.1) is 11.5 Å². The van der Waals surface area contributed by atoms with Crippen LogP contribution in [0.15, 0.2) is 0 Å². The van der Waals surface area contributed by atoms with Crippen LogP contribution in [0.3, 0.4) is 0 Å². The highest BCUT2D eigenvalue weighted by Crippen LogP contribution is 2.36. The fourth-order valence-corrected chi connectivity index (χ4v) is 2.14. The molecule has 0 saturated heterocycles. The molecule has 3 heteroatoms. The maximum atomic E-state index is 10.7. The standard InChI is InChI=1S/C10H18O3/c1-7(9(11)12)8-4-3-5-10(2,13)6-8/h7-8,13H,3-6H2,1-2H3,(H,11,12). The largest absolute Gasteiger partial charge is 0.481 e. The lowest BCUT2D eigenvalue weighted by Gasteiger charge is -2.35. The van der Waals surface area contributed by atoms with E-state index < -0.39 is 11.6 Å². The lowest BCUT2D eigenvalue weighted by Crippen LogP contribution is -2.36. The van der Waals surface area contributed by atoms with E-state index in [9.17, 15) is 9.90 Å². The van der Waals surface area contributed by atoms with Gasteiger partial charge in [-0.05, 0) is 32.1 Å². The van der Waals surface area contributed by atoms with Gasteiger partial charge in [-0.15, -0.1) is 0 Å². The number of hydrogen-bond donors (Lipinski definition) is 2. The summed E-state index contributed by atoms with van der Waals surface area (Å²) in [5, 5.41) is 18.6. The van der Waals surface area contributed by atoms with Crippen LogP contribution in [0.2, 0.25) is 0 Å². The minimum Gasteiger partial charge on any atom is -0.481 e. The van der Waals surface area contributed by atoms with Crippen molar-refractivity contribution in [3.63, 3.8) is 0 Å². The molecule has 1 aliphatic rings. The van der Waals surface area contributed by atoms with Crippen LogP contribution in [0.25, 0.3) is 0 Å². The Morgan fingerprint density at radius 2 is 2.23 bits per heavy atom. The van der Waals surface area contributed by atoms with Crippen LogP contribution in [-0.2, 0) is 4.79 Å². The van der Waals surface area contributed by atoms with Gasteiger partial charge in [-0.1, -0.05) is 13.3 Å². The summed E-state index contributed by atoms with van der Waals surface area (Å²) >= 11 is 0. The van der Waals surface area contributed by atoms with E-state index in [1.807, 2.05) is 0 Å². The molecule has 0 spiro atoms. The number of rotatable bonds is 2. The Kier molecular flexibility index (Phi) is 2.96. The SMILES string of the molecule is CC(C(=O)O)C1CCCC(C)(O)C1. The topological polar surface area (TPSA) is 57.5 Å². The minimum absolute atomic E-state index is 0.140. The number of carbonyl (C=O) groups is 1. The third kappa shape index (κ3) is 2.69. The van der Waals surface area contributed by atoms with Gasteiger partial charge in [0.25, 0.3) is 0 Å². The maximum absolute atomic E-state index is 10.7. The Balaban J connectivity index is 2.56. The van der Waals surface area contributed by atoms with Crippen LogP contribution < -0.4 is 0 Å². The summed E-state index contributed by atoms with van der Waals surface area (Å²) in [4.78, 5) is 10.7. The minimum atomic E-state index is -0.747. The fourth-order valence-electron chi connectivity index (χ4n) is 2.14. The van der Waals surface area contributed by atoms with Gasteiger partial charge in [0.2, 0.25) is 0 Å². The molecular formula is C10H18O3. The summed E-state index contributed by atoms with van der Waals surface area (Å²) in [6.07, 6.45) is 3.30. The van der Waals surface area contributed by atoms with E-state index in [1.54, 1.807) is 13.8 Å². The summed E-state index contributed by atoms with van der Waals surface area (Å²) in [5.41, 5.74) is -0.646. The molecule has 3 atom stereocenters. The maximum Gasteiger partial charge on any atom is 0.306 e. The lowest BCUT2D eigenvalue weighted by atomic mass is 9.74. The van der Waals surface area contributed by atoms with E-state index in [0.717, 1.165) is 19.3 Å². The number of hydrogen-bond acceptors (Lipinski definition) is 2. The van der Waals surface area contributed by atoms with Crippen molar-refractivity contribution in [1.29, 1.82) is 0 Å². The van der Waals surface area contributed by atoms with Gasteiger partial charge < -0.3 is 10.2 Å². The highest BCUT2D eigenvalue weighted by molar-refractivity contribution is 5.69. The highest BCUT2D eigenvalue weighted by Gasteiger charge is 2.34. The van der Waals surface area contributed by atoms with Gasteiger partial charge in [0.15, 0.2) is 0 Å². The average Bonchev–Trinajstić information content (AvgIpc) is 2.01. The average molecular weight is 186 g/mol. The summed E-state index contributed by atoms with van der Waals surface area (Å²) in [6.45, 7) is 3.53. The summed E-state index contributed by atoms with van der Waals surface area (Å²) in [6, 6.07) is 0. The Morgan fingerprint density at radius 1 is 1.62 bits per heavy atom. The second kappa shape index (κ2) is 3.66. The summed E-state index contributed by atoms with van der Waals surface area (Å²) in [7, 11) is 0. The van der Waals surface area contributed by atoms with E-state index in [1.165, 1.54) is 0 Å². The molecule has 0 aliphatic heterocycles. The second-order valence-electron chi connectivity index (χ2n) is 4.48. The van der Waals surface area contributed by atoms with E-state index in [2.05, 4.69) is 0 Å². The van der Waals surface area contributed by atoms with E-state index >= 15 is 0 Å². The number of carboxylic acid groups (broad SMARTS) is 1. The quantitative estimate of drug-likeness (QED) is 0.689. The van der Waals surface area contributed by atoms with Crippen molar-refractivity contribution >= 4 is 5.97 Å². The molecule has 1 aliphatic carbocycles. The molecule has 0 aromatic rings. The predicted molar refractivity (Wildman–Crippen MR) is 49.4 cm³/mol. The molecule has 1 rings (SSSR count). The number of aliphatic carboxylic acids is 1. The smallest absolute Gasteiger partial charge is 0.306 e. The Bertz CT molecular complexity index is 198. The van der Waals surface area contributed by atoms with Gasteiger partial charge in [-0.2, -0.15) is 0 Å². The third-order valence-corrected chi connectivity index (χ3v) is 3.09. The monoisotopic (exact) mass is 186 g/mol. The fraction of sp³-hybridized carbons (Fsp3) is 0.900. The van der Waals surface area contributed by atoms with Gasteiger partial charge in [0.1, 0.15) is 0 Å². The molecule has 0 aromatic carbocycles. The molecule has 2 N–H and O–H groups in total. The molecule has 0 bridgehead atoms. The van der Waals surface area contributed by atoms with Crippen LogP contribution in [0.1, 0.15) is 39.5 Å². The highest BCUT2D eigenvalue weighted by atomic mass is 16.4. The lowest BCUT2D eigenvalue weighted by molar-refractivity contribution is -0.144. The van der Waals surface area contributed by atoms with Crippen LogP contribution >= 0.6 is 0 Å². The molecule has 13 heavy (non-hydrogen) atoms. The van der Waals surface area contributed by atoms with Crippen molar-refractivity contribution < 1.29 is 15.0 Å².